The standard InChI is InChI=1S/C30H51N5O5S/c1-9-13-25(36)40-18-35(24(19(3)4)16-21(6)29-32-22(17-41-29)27(37)31-7)30(39)26(20(5)10-2)33-28(38)23-14-11-12-15-34(23)8/h17,19-21,23-24,26H,9-16,18H2,1-8H3,(H,31,37)(H,33,38)/t20?,21-,23?,24-,26+/m1/s1. The maximum Gasteiger partial charge on any atom is 0.307 e. The summed E-state index contributed by atoms with van der Waals surface area (Å²) in [5.41, 5.74) is 0.370. The Hall–Kier alpha value is -2.53. The summed E-state index contributed by atoms with van der Waals surface area (Å²) in [6.45, 7) is 12.7. The Labute approximate surface area is 250 Å². The summed E-state index contributed by atoms with van der Waals surface area (Å²) in [5.74, 6) is -1.12. The summed E-state index contributed by atoms with van der Waals surface area (Å²) in [6, 6.07) is -1.30. The fourth-order valence-electron chi connectivity index (χ4n) is 5.23. The van der Waals surface area contributed by atoms with Gasteiger partial charge >= 0.3 is 5.97 Å². The van der Waals surface area contributed by atoms with Crippen molar-refractivity contribution in [3.05, 3.63) is 16.1 Å². The lowest BCUT2D eigenvalue weighted by Gasteiger charge is -2.39. The molecule has 5 atom stereocenters. The zero-order chi connectivity index (χ0) is 30.7. The van der Waals surface area contributed by atoms with Crippen LogP contribution in [-0.2, 0) is 19.1 Å². The van der Waals surface area contributed by atoms with Crippen LogP contribution in [0.25, 0.3) is 0 Å². The Morgan fingerprint density at radius 3 is 2.46 bits per heavy atom. The zero-order valence-electron chi connectivity index (χ0n) is 26.2. The number of aromatic nitrogens is 1. The van der Waals surface area contributed by atoms with Gasteiger partial charge in [0.25, 0.3) is 5.91 Å². The Bertz CT molecular complexity index is 1020. The number of carbonyl (C=O) groups is 4. The third kappa shape index (κ3) is 9.77. The molecule has 2 heterocycles. The molecule has 0 aliphatic carbocycles. The van der Waals surface area contributed by atoms with Gasteiger partial charge in [0.15, 0.2) is 6.73 Å². The first-order valence-corrected chi connectivity index (χ1v) is 16.0. The lowest BCUT2D eigenvalue weighted by atomic mass is 9.90. The number of piperidine rings is 1. The highest BCUT2D eigenvalue weighted by Crippen LogP contribution is 2.30. The quantitative estimate of drug-likeness (QED) is 0.231. The number of likely N-dealkylation sites (tertiary alicyclic amines) is 1. The van der Waals surface area contributed by atoms with Gasteiger partial charge in [-0.1, -0.05) is 54.4 Å². The van der Waals surface area contributed by atoms with Gasteiger partial charge in [-0.3, -0.25) is 24.1 Å². The first kappa shape index (κ1) is 34.7. The second kappa shape index (κ2) is 16.8. The molecule has 1 aliphatic rings. The molecule has 1 aromatic heterocycles. The van der Waals surface area contributed by atoms with Gasteiger partial charge in [-0.2, -0.15) is 0 Å². The van der Waals surface area contributed by atoms with E-state index in [1.807, 2.05) is 48.6 Å². The number of nitrogens with one attached hydrogen (secondary N) is 2. The molecule has 0 aromatic carbocycles. The number of likely N-dealkylation sites (N-methyl/N-ethyl adjacent to an activating group) is 1. The molecule has 2 N–H and O–H groups in total. The van der Waals surface area contributed by atoms with Crippen LogP contribution >= 0.6 is 11.3 Å². The summed E-state index contributed by atoms with van der Waals surface area (Å²) >= 11 is 1.42. The summed E-state index contributed by atoms with van der Waals surface area (Å²) in [4.78, 5) is 60.5. The number of ether oxygens (including phenoxy) is 1. The van der Waals surface area contributed by atoms with Crippen LogP contribution in [0.4, 0.5) is 0 Å². The monoisotopic (exact) mass is 593 g/mol. The fraction of sp³-hybridized carbons (Fsp3) is 0.767. The number of rotatable bonds is 15. The second-order valence-corrected chi connectivity index (χ2v) is 12.6. The minimum atomic E-state index is -0.746. The molecule has 2 rings (SSSR count). The van der Waals surface area contributed by atoms with E-state index in [1.165, 1.54) is 11.3 Å². The third-order valence-electron chi connectivity index (χ3n) is 8.12. The van der Waals surface area contributed by atoms with Crippen molar-refractivity contribution in [2.45, 2.75) is 111 Å². The van der Waals surface area contributed by atoms with Gasteiger partial charge in [-0.05, 0) is 51.1 Å². The van der Waals surface area contributed by atoms with Crippen molar-refractivity contribution < 1.29 is 23.9 Å². The summed E-state index contributed by atoms with van der Waals surface area (Å²) < 4.78 is 5.62. The predicted octanol–water partition coefficient (Wildman–Crippen LogP) is 4.17. The SMILES string of the molecule is CCCC(=O)OCN(C(=O)[C@@H](NC(=O)C1CCCCN1C)C(C)CC)[C@H](C[C@@H](C)c1nc(C(=O)NC)cs1)C(C)C. The van der Waals surface area contributed by atoms with Gasteiger partial charge in [0.2, 0.25) is 11.8 Å². The van der Waals surface area contributed by atoms with E-state index in [9.17, 15) is 19.2 Å². The number of carbonyl (C=O) groups excluding carboxylic acids is 4. The highest BCUT2D eigenvalue weighted by Gasteiger charge is 2.38. The molecule has 11 heteroatoms. The van der Waals surface area contributed by atoms with E-state index >= 15 is 0 Å². The molecule has 1 fully saturated rings. The third-order valence-corrected chi connectivity index (χ3v) is 9.20. The van der Waals surface area contributed by atoms with E-state index in [-0.39, 0.29) is 66.7 Å². The maximum atomic E-state index is 14.4. The van der Waals surface area contributed by atoms with Crippen molar-refractivity contribution in [3.8, 4) is 0 Å². The predicted molar refractivity (Wildman–Crippen MR) is 162 cm³/mol. The molecule has 1 aromatic rings. The van der Waals surface area contributed by atoms with E-state index < -0.39 is 6.04 Å². The van der Waals surface area contributed by atoms with Gasteiger partial charge in [0.1, 0.15) is 11.7 Å². The van der Waals surface area contributed by atoms with Gasteiger partial charge < -0.3 is 20.3 Å². The molecule has 0 spiro atoms. The molecular formula is C30H51N5O5S. The largest absolute Gasteiger partial charge is 0.444 e. The highest BCUT2D eigenvalue weighted by atomic mass is 32.1. The minimum Gasteiger partial charge on any atom is -0.444 e. The summed E-state index contributed by atoms with van der Waals surface area (Å²) in [7, 11) is 3.52. The number of amides is 3. The highest BCUT2D eigenvalue weighted by molar-refractivity contribution is 7.09. The number of esters is 1. The van der Waals surface area contributed by atoms with Gasteiger partial charge in [0.05, 0.1) is 11.0 Å². The van der Waals surface area contributed by atoms with Gasteiger partial charge in [-0.25, -0.2) is 4.98 Å². The van der Waals surface area contributed by atoms with Crippen LogP contribution in [0.2, 0.25) is 0 Å². The van der Waals surface area contributed by atoms with Crippen LogP contribution in [0.3, 0.4) is 0 Å². The van der Waals surface area contributed by atoms with Crippen LogP contribution in [-0.4, -0.2) is 84.0 Å². The molecule has 0 bridgehead atoms. The number of hydrogen-bond donors (Lipinski definition) is 2. The van der Waals surface area contributed by atoms with E-state index in [2.05, 4.69) is 20.5 Å². The van der Waals surface area contributed by atoms with Gasteiger partial charge in [0, 0.05) is 30.8 Å². The van der Waals surface area contributed by atoms with E-state index in [0.29, 0.717) is 25.0 Å². The number of nitrogens with zero attached hydrogens (tertiary/aromatic N) is 3. The molecule has 0 saturated carbocycles. The van der Waals surface area contributed by atoms with Crippen LogP contribution < -0.4 is 10.6 Å². The second-order valence-electron chi connectivity index (χ2n) is 11.7. The molecule has 41 heavy (non-hydrogen) atoms. The Balaban J connectivity index is 2.37. The van der Waals surface area contributed by atoms with Crippen molar-refractivity contribution >= 4 is 35.0 Å². The molecule has 2 unspecified atom stereocenters. The first-order chi connectivity index (χ1) is 19.4. The molecule has 232 valence electrons. The van der Waals surface area contributed by atoms with Crippen LogP contribution in [0.5, 0.6) is 0 Å². The van der Waals surface area contributed by atoms with Crippen molar-refractivity contribution in [1.82, 2.24) is 25.4 Å². The van der Waals surface area contributed by atoms with E-state index in [4.69, 9.17) is 4.74 Å². The average Bonchev–Trinajstić information content (AvgIpc) is 3.45. The average molecular weight is 594 g/mol. The Morgan fingerprint density at radius 1 is 1.17 bits per heavy atom. The number of thiazole rings is 1. The topological polar surface area (TPSA) is 121 Å². The van der Waals surface area contributed by atoms with E-state index in [0.717, 1.165) is 30.8 Å². The molecule has 1 saturated heterocycles. The molecule has 1 aliphatic heterocycles. The van der Waals surface area contributed by atoms with Crippen LogP contribution in [0.1, 0.15) is 108 Å². The fourth-order valence-corrected chi connectivity index (χ4v) is 6.10. The first-order valence-electron chi connectivity index (χ1n) is 15.1. The van der Waals surface area contributed by atoms with Crippen LogP contribution in [0, 0.1) is 11.8 Å². The molecular weight excluding hydrogens is 542 g/mol. The lowest BCUT2D eigenvalue weighted by Crippen LogP contribution is -2.59. The summed E-state index contributed by atoms with van der Waals surface area (Å²) in [6.07, 6.45) is 4.98. The summed E-state index contributed by atoms with van der Waals surface area (Å²) in [5, 5.41) is 8.23. The van der Waals surface area contributed by atoms with Crippen molar-refractivity contribution in [3.63, 3.8) is 0 Å². The lowest BCUT2D eigenvalue weighted by molar-refractivity contribution is -0.159. The van der Waals surface area contributed by atoms with Crippen molar-refractivity contribution in [1.29, 1.82) is 0 Å². The van der Waals surface area contributed by atoms with Gasteiger partial charge in [-0.15, -0.1) is 11.3 Å². The van der Waals surface area contributed by atoms with E-state index in [1.54, 1.807) is 17.3 Å². The molecule has 10 nitrogen and oxygen atoms in total. The smallest absolute Gasteiger partial charge is 0.307 e. The normalized spacial score (nSPS) is 18.7. The van der Waals surface area contributed by atoms with Crippen molar-refractivity contribution in [2.24, 2.45) is 11.8 Å². The zero-order valence-corrected chi connectivity index (χ0v) is 27.0. The Morgan fingerprint density at radius 2 is 1.88 bits per heavy atom. The Kier molecular flexibility index (Phi) is 14.2. The van der Waals surface area contributed by atoms with Crippen molar-refractivity contribution in [2.75, 3.05) is 27.4 Å². The molecule has 3 amide bonds. The molecule has 0 radical (unpaired) electrons. The maximum absolute atomic E-state index is 14.4. The number of hydrogen-bond acceptors (Lipinski definition) is 8. The minimum absolute atomic E-state index is 0.0300. The van der Waals surface area contributed by atoms with Crippen LogP contribution in [0.15, 0.2) is 5.38 Å².